The first-order valence-corrected chi connectivity index (χ1v) is 6.55. The van der Waals surface area contributed by atoms with Crippen molar-refractivity contribution in [2.24, 2.45) is 0 Å². The standard InChI is InChI=1S/C15H23NO3/c1-11(2)12-6-7-14(19-4)13(10-12)15(17)16-8-5-9-18-3/h6-7,10-11H,5,8-9H2,1-4H3,(H,16,17). The average Bonchev–Trinajstić information content (AvgIpc) is 2.42. The normalized spacial score (nSPS) is 10.6. The lowest BCUT2D eigenvalue weighted by molar-refractivity contribution is 0.0945. The van der Waals surface area contributed by atoms with Crippen molar-refractivity contribution in [1.82, 2.24) is 5.32 Å². The topological polar surface area (TPSA) is 47.6 Å². The number of hydrogen-bond donors (Lipinski definition) is 1. The third-order valence-corrected chi connectivity index (χ3v) is 2.95. The van der Waals surface area contributed by atoms with E-state index in [9.17, 15) is 4.79 Å². The molecule has 0 saturated carbocycles. The number of amides is 1. The van der Waals surface area contributed by atoms with Crippen molar-refractivity contribution in [2.75, 3.05) is 27.4 Å². The molecule has 0 radical (unpaired) electrons. The Bertz CT molecular complexity index is 416. The molecule has 106 valence electrons. The molecule has 1 amide bonds. The molecule has 0 heterocycles. The number of ether oxygens (including phenoxy) is 2. The van der Waals surface area contributed by atoms with Gasteiger partial charge in [-0.05, 0) is 30.0 Å². The van der Waals surface area contributed by atoms with Crippen LogP contribution >= 0.6 is 0 Å². The summed E-state index contributed by atoms with van der Waals surface area (Å²) in [6.07, 6.45) is 0.800. The van der Waals surface area contributed by atoms with E-state index in [0.29, 0.717) is 30.4 Å². The molecule has 4 heteroatoms. The molecule has 1 aromatic rings. The van der Waals surface area contributed by atoms with Crippen LogP contribution in [0.25, 0.3) is 0 Å². The van der Waals surface area contributed by atoms with Gasteiger partial charge in [0.2, 0.25) is 0 Å². The second-order valence-electron chi connectivity index (χ2n) is 4.72. The van der Waals surface area contributed by atoms with Gasteiger partial charge in [-0.3, -0.25) is 4.79 Å². The van der Waals surface area contributed by atoms with Gasteiger partial charge in [-0.1, -0.05) is 19.9 Å². The number of benzene rings is 1. The summed E-state index contributed by atoms with van der Waals surface area (Å²) in [4.78, 5) is 12.1. The highest BCUT2D eigenvalue weighted by Gasteiger charge is 2.13. The maximum atomic E-state index is 12.1. The van der Waals surface area contributed by atoms with Crippen molar-refractivity contribution < 1.29 is 14.3 Å². The van der Waals surface area contributed by atoms with E-state index in [1.165, 1.54) is 0 Å². The molecule has 0 aliphatic rings. The van der Waals surface area contributed by atoms with E-state index in [0.717, 1.165) is 12.0 Å². The number of nitrogens with one attached hydrogen (secondary N) is 1. The SMILES string of the molecule is COCCCNC(=O)c1cc(C(C)C)ccc1OC. The first-order valence-electron chi connectivity index (χ1n) is 6.55. The molecule has 0 aliphatic heterocycles. The highest BCUT2D eigenvalue weighted by atomic mass is 16.5. The van der Waals surface area contributed by atoms with E-state index < -0.39 is 0 Å². The van der Waals surface area contributed by atoms with Gasteiger partial charge in [0.1, 0.15) is 5.75 Å². The Morgan fingerprint density at radius 1 is 1.32 bits per heavy atom. The number of carbonyl (C=O) groups is 1. The molecule has 0 fully saturated rings. The molecule has 1 rings (SSSR count). The van der Waals surface area contributed by atoms with E-state index >= 15 is 0 Å². The minimum atomic E-state index is -0.101. The van der Waals surface area contributed by atoms with Gasteiger partial charge in [-0.25, -0.2) is 0 Å². The molecule has 0 aromatic heterocycles. The number of methoxy groups -OCH3 is 2. The van der Waals surface area contributed by atoms with Crippen LogP contribution in [0, 0.1) is 0 Å². The van der Waals surface area contributed by atoms with Crippen LogP contribution in [0.4, 0.5) is 0 Å². The molecule has 1 N–H and O–H groups in total. The van der Waals surface area contributed by atoms with E-state index in [1.807, 2.05) is 18.2 Å². The number of hydrogen-bond acceptors (Lipinski definition) is 3. The molecular formula is C15H23NO3. The third-order valence-electron chi connectivity index (χ3n) is 2.95. The Labute approximate surface area is 115 Å². The summed E-state index contributed by atoms with van der Waals surface area (Å²) in [5.74, 6) is 0.884. The van der Waals surface area contributed by atoms with Gasteiger partial charge in [0, 0.05) is 20.3 Å². The van der Waals surface area contributed by atoms with Crippen molar-refractivity contribution in [1.29, 1.82) is 0 Å². The zero-order valence-electron chi connectivity index (χ0n) is 12.2. The minimum Gasteiger partial charge on any atom is -0.496 e. The van der Waals surface area contributed by atoms with Gasteiger partial charge in [0.15, 0.2) is 0 Å². The molecule has 0 unspecified atom stereocenters. The molecule has 4 nitrogen and oxygen atoms in total. The van der Waals surface area contributed by atoms with E-state index in [2.05, 4.69) is 19.2 Å². The summed E-state index contributed by atoms with van der Waals surface area (Å²) >= 11 is 0. The predicted molar refractivity (Wildman–Crippen MR) is 75.9 cm³/mol. The predicted octanol–water partition coefficient (Wildman–Crippen LogP) is 2.58. The number of rotatable bonds is 7. The van der Waals surface area contributed by atoms with E-state index in [1.54, 1.807) is 14.2 Å². The molecule has 0 aliphatic carbocycles. The van der Waals surface area contributed by atoms with Gasteiger partial charge >= 0.3 is 0 Å². The summed E-state index contributed by atoms with van der Waals surface area (Å²) in [6, 6.07) is 5.74. The molecule has 19 heavy (non-hydrogen) atoms. The molecular weight excluding hydrogens is 242 g/mol. The Morgan fingerprint density at radius 3 is 2.63 bits per heavy atom. The van der Waals surface area contributed by atoms with Gasteiger partial charge in [-0.2, -0.15) is 0 Å². The zero-order chi connectivity index (χ0) is 14.3. The summed E-state index contributed by atoms with van der Waals surface area (Å²) in [5, 5.41) is 2.88. The van der Waals surface area contributed by atoms with Crippen molar-refractivity contribution in [2.45, 2.75) is 26.2 Å². The smallest absolute Gasteiger partial charge is 0.255 e. The lowest BCUT2D eigenvalue weighted by Gasteiger charge is -2.12. The van der Waals surface area contributed by atoms with Crippen molar-refractivity contribution in [3.8, 4) is 5.75 Å². The molecule has 0 spiro atoms. The van der Waals surface area contributed by atoms with Crippen LogP contribution in [-0.2, 0) is 4.74 Å². The van der Waals surface area contributed by atoms with Crippen molar-refractivity contribution in [3.05, 3.63) is 29.3 Å². The molecule has 1 aromatic carbocycles. The van der Waals surface area contributed by atoms with Crippen LogP contribution in [-0.4, -0.2) is 33.3 Å². The summed E-state index contributed by atoms with van der Waals surface area (Å²) in [6.45, 7) is 5.44. The maximum absolute atomic E-state index is 12.1. The quantitative estimate of drug-likeness (QED) is 0.771. The average molecular weight is 265 g/mol. The van der Waals surface area contributed by atoms with Crippen LogP contribution in [0.3, 0.4) is 0 Å². The van der Waals surface area contributed by atoms with Gasteiger partial charge in [0.25, 0.3) is 5.91 Å². The molecule has 0 saturated heterocycles. The number of carbonyl (C=O) groups excluding carboxylic acids is 1. The van der Waals surface area contributed by atoms with Crippen LogP contribution in [0.2, 0.25) is 0 Å². The van der Waals surface area contributed by atoms with Gasteiger partial charge < -0.3 is 14.8 Å². The Kier molecular flexibility index (Phi) is 6.36. The lowest BCUT2D eigenvalue weighted by Crippen LogP contribution is -2.25. The maximum Gasteiger partial charge on any atom is 0.255 e. The summed E-state index contributed by atoms with van der Waals surface area (Å²) < 4.78 is 10.2. The monoisotopic (exact) mass is 265 g/mol. The summed E-state index contributed by atoms with van der Waals surface area (Å²) in [7, 11) is 3.23. The Balaban J connectivity index is 2.78. The van der Waals surface area contributed by atoms with Crippen molar-refractivity contribution >= 4 is 5.91 Å². The zero-order valence-corrected chi connectivity index (χ0v) is 12.2. The van der Waals surface area contributed by atoms with Gasteiger partial charge in [-0.15, -0.1) is 0 Å². The first kappa shape index (κ1) is 15.5. The fourth-order valence-electron chi connectivity index (χ4n) is 1.78. The second kappa shape index (κ2) is 7.79. The van der Waals surface area contributed by atoms with E-state index in [-0.39, 0.29) is 5.91 Å². The van der Waals surface area contributed by atoms with Crippen molar-refractivity contribution in [3.63, 3.8) is 0 Å². The van der Waals surface area contributed by atoms with Gasteiger partial charge in [0.05, 0.1) is 12.7 Å². The summed E-state index contributed by atoms with van der Waals surface area (Å²) in [5.41, 5.74) is 1.72. The molecule has 0 atom stereocenters. The fraction of sp³-hybridized carbons (Fsp3) is 0.533. The second-order valence-corrected chi connectivity index (χ2v) is 4.72. The molecule has 0 bridgehead atoms. The first-order chi connectivity index (χ1) is 9.10. The largest absolute Gasteiger partial charge is 0.496 e. The van der Waals surface area contributed by atoms with Crippen LogP contribution < -0.4 is 10.1 Å². The Morgan fingerprint density at radius 2 is 2.05 bits per heavy atom. The van der Waals surface area contributed by atoms with Crippen LogP contribution in [0.15, 0.2) is 18.2 Å². The Hall–Kier alpha value is -1.55. The minimum absolute atomic E-state index is 0.101. The lowest BCUT2D eigenvalue weighted by atomic mass is 10.00. The third kappa shape index (κ3) is 4.56. The van der Waals surface area contributed by atoms with Crippen LogP contribution in [0.5, 0.6) is 5.75 Å². The van der Waals surface area contributed by atoms with Crippen LogP contribution in [0.1, 0.15) is 42.1 Å². The van der Waals surface area contributed by atoms with E-state index in [4.69, 9.17) is 9.47 Å². The fourth-order valence-corrected chi connectivity index (χ4v) is 1.78. The highest BCUT2D eigenvalue weighted by molar-refractivity contribution is 5.97. The highest BCUT2D eigenvalue weighted by Crippen LogP contribution is 2.24.